The summed E-state index contributed by atoms with van der Waals surface area (Å²) in [7, 11) is -3.77. The molecule has 90 valence electrons. The normalized spacial score (nSPS) is 11.4. The molecule has 1 aromatic carbocycles. The molecular formula is C10H7ClFNO2S2. The van der Waals surface area contributed by atoms with Crippen LogP contribution in [0.25, 0.3) is 0 Å². The van der Waals surface area contributed by atoms with Gasteiger partial charge >= 0.3 is 0 Å². The fourth-order valence-corrected chi connectivity index (χ4v) is 3.50. The van der Waals surface area contributed by atoms with Crippen molar-refractivity contribution in [2.75, 3.05) is 4.72 Å². The second-order valence-electron chi connectivity index (χ2n) is 3.14. The van der Waals surface area contributed by atoms with E-state index >= 15 is 0 Å². The van der Waals surface area contributed by atoms with Gasteiger partial charge in [0.1, 0.15) is 4.21 Å². The van der Waals surface area contributed by atoms with Gasteiger partial charge in [0.25, 0.3) is 10.0 Å². The second-order valence-corrected chi connectivity index (χ2v) is 6.49. The molecule has 0 unspecified atom stereocenters. The highest BCUT2D eigenvalue weighted by molar-refractivity contribution is 7.94. The molecule has 0 amide bonds. The Hall–Kier alpha value is -1.11. The number of hydrogen-bond acceptors (Lipinski definition) is 3. The monoisotopic (exact) mass is 291 g/mol. The summed E-state index contributed by atoms with van der Waals surface area (Å²) in [4.78, 5) is 0. The molecule has 2 aromatic rings. The van der Waals surface area contributed by atoms with Crippen LogP contribution in [-0.2, 0) is 10.0 Å². The van der Waals surface area contributed by atoms with Crippen molar-refractivity contribution in [3.8, 4) is 0 Å². The molecule has 7 heteroatoms. The van der Waals surface area contributed by atoms with Crippen molar-refractivity contribution in [3.63, 3.8) is 0 Å². The Bertz CT molecular complexity index is 639. The van der Waals surface area contributed by atoms with Crippen molar-refractivity contribution in [2.24, 2.45) is 0 Å². The van der Waals surface area contributed by atoms with Crippen LogP contribution in [0.1, 0.15) is 0 Å². The molecule has 0 spiro atoms. The molecule has 0 fully saturated rings. The largest absolute Gasteiger partial charge is 0.277 e. The van der Waals surface area contributed by atoms with Gasteiger partial charge in [-0.15, -0.1) is 0 Å². The van der Waals surface area contributed by atoms with Gasteiger partial charge in [-0.25, -0.2) is 8.42 Å². The van der Waals surface area contributed by atoms with E-state index in [0.29, 0.717) is 11.3 Å². The molecular weight excluding hydrogens is 285 g/mol. The van der Waals surface area contributed by atoms with Crippen molar-refractivity contribution >= 4 is 38.6 Å². The van der Waals surface area contributed by atoms with Gasteiger partial charge in [0.2, 0.25) is 0 Å². The Kier molecular flexibility index (Phi) is 3.37. The molecule has 0 saturated heterocycles. The van der Waals surface area contributed by atoms with E-state index < -0.39 is 15.2 Å². The van der Waals surface area contributed by atoms with Gasteiger partial charge in [0.15, 0.2) is 5.13 Å². The number of anilines is 1. The van der Waals surface area contributed by atoms with Crippen molar-refractivity contribution in [1.29, 1.82) is 0 Å². The fraction of sp³-hybridized carbons (Fsp3) is 0. The van der Waals surface area contributed by atoms with Crippen molar-refractivity contribution in [1.82, 2.24) is 0 Å². The standard InChI is InChI=1S/C10H7ClFNO2S2/c11-7-3-1-2-4-8(7)13-17(14,15)10-6-5-9(12)16-10/h1-6,13H. The maximum atomic E-state index is 12.8. The number of nitrogens with one attached hydrogen (secondary N) is 1. The maximum absolute atomic E-state index is 12.8. The number of rotatable bonds is 3. The molecule has 0 aliphatic heterocycles. The third-order valence-electron chi connectivity index (χ3n) is 1.93. The van der Waals surface area contributed by atoms with Crippen LogP contribution in [-0.4, -0.2) is 8.42 Å². The summed E-state index contributed by atoms with van der Waals surface area (Å²) in [6.07, 6.45) is 0. The minimum atomic E-state index is -3.77. The lowest BCUT2D eigenvalue weighted by atomic mass is 10.3. The molecule has 0 aliphatic carbocycles. The average molecular weight is 292 g/mol. The SMILES string of the molecule is O=S(=O)(Nc1ccccc1Cl)c1ccc(F)s1. The van der Waals surface area contributed by atoms with Gasteiger partial charge < -0.3 is 0 Å². The number of hydrogen-bond donors (Lipinski definition) is 1. The predicted molar refractivity (Wildman–Crippen MR) is 66.5 cm³/mol. The lowest BCUT2D eigenvalue weighted by Gasteiger charge is -2.07. The van der Waals surface area contributed by atoms with E-state index in [2.05, 4.69) is 4.72 Å². The van der Waals surface area contributed by atoms with Crippen molar-refractivity contribution < 1.29 is 12.8 Å². The molecule has 0 bridgehead atoms. The zero-order chi connectivity index (χ0) is 12.5. The first-order valence-corrected chi connectivity index (χ1v) is 7.19. The molecule has 2 rings (SSSR count). The summed E-state index contributed by atoms with van der Waals surface area (Å²) >= 11 is 6.38. The highest BCUT2D eigenvalue weighted by Gasteiger charge is 2.18. The third-order valence-corrected chi connectivity index (χ3v) is 4.99. The van der Waals surface area contributed by atoms with Crippen LogP contribution in [0.5, 0.6) is 0 Å². The van der Waals surface area contributed by atoms with E-state index in [9.17, 15) is 12.8 Å². The zero-order valence-corrected chi connectivity index (χ0v) is 10.7. The zero-order valence-electron chi connectivity index (χ0n) is 8.35. The second kappa shape index (κ2) is 4.64. The topological polar surface area (TPSA) is 46.2 Å². The molecule has 0 saturated carbocycles. The minimum Gasteiger partial charge on any atom is -0.277 e. The lowest BCUT2D eigenvalue weighted by Crippen LogP contribution is -2.11. The van der Waals surface area contributed by atoms with Gasteiger partial charge in [-0.05, 0) is 24.3 Å². The number of para-hydroxylation sites is 1. The van der Waals surface area contributed by atoms with Gasteiger partial charge in [0.05, 0.1) is 10.7 Å². The highest BCUT2D eigenvalue weighted by atomic mass is 35.5. The predicted octanol–water partition coefficient (Wildman–Crippen LogP) is 3.34. The third kappa shape index (κ3) is 2.77. The van der Waals surface area contributed by atoms with Crippen LogP contribution >= 0.6 is 22.9 Å². The Labute approximate surface area is 107 Å². The van der Waals surface area contributed by atoms with Crippen LogP contribution in [0.15, 0.2) is 40.6 Å². The van der Waals surface area contributed by atoms with Gasteiger partial charge in [-0.1, -0.05) is 35.1 Å². The molecule has 3 nitrogen and oxygen atoms in total. The highest BCUT2D eigenvalue weighted by Crippen LogP contribution is 2.26. The average Bonchev–Trinajstić information content (AvgIpc) is 2.69. The quantitative estimate of drug-likeness (QED) is 0.943. The van der Waals surface area contributed by atoms with E-state index in [4.69, 9.17) is 11.6 Å². The van der Waals surface area contributed by atoms with Crippen LogP contribution in [0.3, 0.4) is 0 Å². The summed E-state index contributed by atoms with van der Waals surface area (Å²) in [5, 5.41) is -0.266. The molecule has 0 atom stereocenters. The van der Waals surface area contributed by atoms with Crippen molar-refractivity contribution in [3.05, 3.63) is 46.6 Å². The molecule has 1 N–H and O–H groups in total. The maximum Gasteiger partial charge on any atom is 0.271 e. The lowest BCUT2D eigenvalue weighted by molar-refractivity contribution is 0.603. The molecule has 1 heterocycles. The number of halogens is 2. The van der Waals surface area contributed by atoms with Gasteiger partial charge in [-0.3, -0.25) is 4.72 Å². The Morgan fingerprint density at radius 3 is 2.47 bits per heavy atom. The Balaban J connectivity index is 2.33. The van der Waals surface area contributed by atoms with Gasteiger partial charge in [0, 0.05) is 0 Å². The first-order valence-electron chi connectivity index (χ1n) is 4.52. The number of sulfonamides is 1. The van der Waals surface area contributed by atoms with E-state index in [-0.39, 0.29) is 14.9 Å². The van der Waals surface area contributed by atoms with Crippen LogP contribution < -0.4 is 4.72 Å². The van der Waals surface area contributed by atoms with E-state index in [1.54, 1.807) is 18.2 Å². The Morgan fingerprint density at radius 1 is 1.18 bits per heavy atom. The molecule has 17 heavy (non-hydrogen) atoms. The first kappa shape index (κ1) is 12.3. The van der Waals surface area contributed by atoms with E-state index in [1.165, 1.54) is 12.1 Å². The minimum absolute atomic E-state index is 0.0880. The fourth-order valence-electron chi connectivity index (χ4n) is 1.18. The van der Waals surface area contributed by atoms with Crippen molar-refractivity contribution in [2.45, 2.75) is 4.21 Å². The van der Waals surface area contributed by atoms with E-state index in [0.717, 1.165) is 6.07 Å². The van der Waals surface area contributed by atoms with Crippen LogP contribution in [0, 0.1) is 5.13 Å². The smallest absolute Gasteiger partial charge is 0.271 e. The number of thiophene rings is 1. The van der Waals surface area contributed by atoms with Crippen LogP contribution in [0.4, 0.5) is 10.1 Å². The summed E-state index contributed by atoms with van der Waals surface area (Å²) in [5.74, 6) is 0. The Morgan fingerprint density at radius 2 is 1.88 bits per heavy atom. The molecule has 1 aromatic heterocycles. The molecule has 0 radical (unpaired) electrons. The first-order chi connectivity index (χ1) is 7.99. The molecule has 0 aliphatic rings. The van der Waals surface area contributed by atoms with Crippen LogP contribution in [0.2, 0.25) is 5.02 Å². The summed E-state index contributed by atoms with van der Waals surface area (Å²) in [6, 6.07) is 8.74. The van der Waals surface area contributed by atoms with E-state index in [1.807, 2.05) is 0 Å². The summed E-state index contributed by atoms with van der Waals surface area (Å²) < 4.78 is 38.7. The summed E-state index contributed by atoms with van der Waals surface area (Å²) in [5.41, 5.74) is 0.267. The number of benzene rings is 1. The summed E-state index contributed by atoms with van der Waals surface area (Å²) in [6.45, 7) is 0. The van der Waals surface area contributed by atoms with Gasteiger partial charge in [-0.2, -0.15) is 4.39 Å².